The standard InChI is InChI=1S/C21H26FN3O2/c1-2-27-20-10-6-5-9-19(20)23-21(26)16-25-13-11-24(12-14-25)15-17-7-3-4-8-18(17)22/h3-10H,2,11-16H2,1H3,(H,23,26). The van der Waals surface area contributed by atoms with Crippen LogP contribution in [0.2, 0.25) is 0 Å². The smallest absolute Gasteiger partial charge is 0.238 e. The Bertz CT molecular complexity index is 761. The minimum absolute atomic E-state index is 0.0512. The van der Waals surface area contributed by atoms with Crippen LogP contribution in [0.5, 0.6) is 5.75 Å². The predicted octanol–water partition coefficient (Wildman–Crippen LogP) is 2.98. The first-order valence-electron chi connectivity index (χ1n) is 9.35. The van der Waals surface area contributed by atoms with Gasteiger partial charge in [0.1, 0.15) is 11.6 Å². The Morgan fingerprint density at radius 1 is 1.04 bits per heavy atom. The summed E-state index contributed by atoms with van der Waals surface area (Å²) in [6, 6.07) is 14.3. The number of halogens is 1. The van der Waals surface area contributed by atoms with E-state index >= 15 is 0 Å². The molecule has 2 aromatic carbocycles. The molecule has 5 nitrogen and oxygen atoms in total. The molecule has 6 heteroatoms. The van der Waals surface area contributed by atoms with Crippen molar-refractivity contribution in [1.29, 1.82) is 0 Å². The number of hydrogen-bond donors (Lipinski definition) is 1. The molecule has 1 aliphatic rings. The van der Waals surface area contributed by atoms with Gasteiger partial charge in [-0.15, -0.1) is 0 Å². The topological polar surface area (TPSA) is 44.8 Å². The van der Waals surface area contributed by atoms with Gasteiger partial charge < -0.3 is 10.1 Å². The number of carbonyl (C=O) groups excluding carboxylic acids is 1. The van der Waals surface area contributed by atoms with Crippen LogP contribution in [0.1, 0.15) is 12.5 Å². The number of nitrogens with zero attached hydrogens (tertiary/aromatic N) is 2. The van der Waals surface area contributed by atoms with E-state index in [1.165, 1.54) is 6.07 Å². The highest BCUT2D eigenvalue weighted by molar-refractivity contribution is 5.93. The van der Waals surface area contributed by atoms with Gasteiger partial charge >= 0.3 is 0 Å². The van der Waals surface area contributed by atoms with Crippen LogP contribution in [-0.4, -0.2) is 55.0 Å². The molecule has 1 heterocycles. The maximum absolute atomic E-state index is 13.8. The number of ether oxygens (including phenoxy) is 1. The van der Waals surface area contributed by atoms with Crippen molar-refractivity contribution in [1.82, 2.24) is 9.80 Å². The Morgan fingerprint density at radius 3 is 2.44 bits per heavy atom. The molecular formula is C21H26FN3O2. The van der Waals surface area contributed by atoms with Gasteiger partial charge in [0.15, 0.2) is 0 Å². The van der Waals surface area contributed by atoms with Crippen LogP contribution in [0.25, 0.3) is 0 Å². The molecule has 0 radical (unpaired) electrons. The van der Waals surface area contributed by atoms with Gasteiger partial charge in [-0.05, 0) is 25.1 Å². The monoisotopic (exact) mass is 371 g/mol. The van der Waals surface area contributed by atoms with Gasteiger partial charge in [0.25, 0.3) is 0 Å². The molecule has 1 aliphatic heterocycles. The van der Waals surface area contributed by atoms with Gasteiger partial charge in [-0.3, -0.25) is 14.6 Å². The summed E-state index contributed by atoms with van der Waals surface area (Å²) in [6.07, 6.45) is 0. The first-order chi connectivity index (χ1) is 13.2. The lowest BCUT2D eigenvalue weighted by atomic mass is 10.2. The number of carbonyl (C=O) groups is 1. The largest absolute Gasteiger partial charge is 0.492 e. The summed E-state index contributed by atoms with van der Waals surface area (Å²) in [6.45, 7) is 6.62. The van der Waals surface area contributed by atoms with E-state index in [4.69, 9.17) is 4.74 Å². The number of benzene rings is 2. The van der Waals surface area contributed by atoms with E-state index in [2.05, 4.69) is 15.1 Å². The number of nitrogens with one attached hydrogen (secondary N) is 1. The summed E-state index contributed by atoms with van der Waals surface area (Å²) in [4.78, 5) is 16.7. The fourth-order valence-electron chi connectivity index (χ4n) is 3.22. The van der Waals surface area contributed by atoms with E-state index in [1.807, 2.05) is 43.3 Å². The summed E-state index contributed by atoms with van der Waals surface area (Å²) in [5, 5.41) is 2.93. The zero-order chi connectivity index (χ0) is 19.1. The third-order valence-electron chi connectivity index (χ3n) is 4.64. The zero-order valence-electron chi connectivity index (χ0n) is 15.7. The first kappa shape index (κ1) is 19.3. The zero-order valence-corrected chi connectivity index (χ0v) is 15.7. The van der Waals surface area contributed by atoms with Gasteiger partial charge in [0, 0.05) is 38.3 Å². The van der Waals surface area contributed by atoms with Crippen molar-refractivity contribution in [3.63, 3.8) is 0 Å². The van der Waals surface area contributed by atoms with Crippen LogP contribution in [0.4, 0.5) is 10.1 Å². The van der Waals surface area contributed by atoms with Crippen LogP contribution < -0.4 is 10.1 Å². The molecule has 0 saturated carbocycles. The molecule has 1 fully saturated rings. The van der Waals surface area contributed by atoms with Crippen LogP contribution in [0.15, 0.2) is 48.5 Å². The fraction of sp³-hybridized carbons (Fsp3) is 0.381. The van der Waals surface area contributed by atoms with Crippen molar-refractivity contribution in [2.24, 2.45) is 0 Å². The average molecular weight is 371 g/mol. The molecule has 0 unspecified atom stereocenters. The van der Waals surface area contributed by atoms with E-state index in [0.29, 0.717) is 31.1 Å². The number of amides is 1. The van der Waals surface area contributed by atoms with Crippen LogP contribution in [0.3, 0.4) is 0 Å². The highest BCUT2D eigenvalue weighted by atomic mass is 19.1. The second-order valence-corrected chi connectivity index (χ2v) is 6.62. The lowest BCUT2D eigenvalue weighted by molar-refractivity contribution is -0.117. The van der Waals surface area contributed by atoms with Gasteiger partial charge in [0.2, 0.25) is 5.91 Å². The lowest BCUT2D eigenvalue weighted by Crippen LogP contribution is -2.48. The van der Waals surface area contributed by atoms with Crippen molar-refractivity contribution < 1.29 is 13.9 Å². The van der Waals surface area contributed by atoms with Crippen LogP contribution in [0, 0.1) is 5.82 Å². The SMILES string of the molecule is CCOc1ccccc1NC(=O)CN1CCN(Cc2ccccc2F)CC1. The Kier molecular flexibility index (Phi) is 6.79. The maximum Gasteiger partial charge on any atom is 0.238 e. The minimum Gasteiger partial charge on any atom is -0.492 e. The van der Waals surface area contributed by atoms with Crippen molar-refractivity contribution in [3.8, 4) is 5.75 Å². The summed E-state index contributed by atoms with van der Waals surface area (Å²) in [5.41, 5.74) is 1.42. The highest BCUT2D eigenvalue weighted by Gasteiger charge is 2.20. The molecule has 144 valence electrons. The second-order valence-electron chi connectivity index (χ2n) is 6.62. The van der Waals surface area contributed by atoms with Gasteiger partial charge in [-0.1, -0.05) is 30.3 Å². The second kappa shape index (κ2) is 9.48. The van der Waals surface area contributed by atoms with Crippen molar-refractivity contribution >= 4 is 11.6 Å². The van der Waals surface area contributed by atoms with E-state index < -0.39 is 0 Å². The molecule has 0 bridgehead atoms. The first-order valence-corrected chi connectivity index (χ1v) is 9.35. The predicted molar refractivity (Wildman–Crippen MR) is 104 cm³/mol. The maximum atomic E-state index is 13.8. The Labute approximate surface area is 159 Å². The molecule has 0 spiro atoms. The lowest BCUT2D eigenvalue weighted by Gasteiger charge is -2.34. The van der Waals surface area contributed by atoms with Crippen molar-refractivity contribution in [2.75, 3.05) is 44.6 Å². The van der Waals surface area contributed by atoms with Crippen molar-refractivity contribution in [3.05, 3.63) is 59.9 Å². The summed E-state index contributed by atoms with van der Waals surface area (Å²) < 4.78 is 19.3. The van der Waals surface area contributed by atoms with Crippen LogP contribution in [-0.2, 0) is 11.3 Å². The number of anilines is 1. The molecule has 0 aliphatic carbocycles. The number of rotatable bonds is 7. The summed E-state index contributed by atoms with van der Waals surface area (Å²) >= 11 is 0. The summed E-state index contributed by atoms with van der Waals surface area (Å²) in [5.74, 6) is 0.472. The average Bonchev–Trinajstić information content (AvgIpc) is 2.67. The third kappa shape index (κ3) is 5.52. The van der Waals surface area contributed by atoms with E-state index in [1.54, 1.807) is 6.07 Å². The Morgan fingerprint density at radius 2 is 1.70 bits per heavy atom. The molecule has 2 aromatic rings. The number of piperazine rings is 1. The summed E-state index contributed by atoms with van der Waals surface area (Å²) in [7, 11) is 0. The van der Waals surface area contributed by atoms with Gasteiger partial charge in [-0.25, -0.2) is 4.39 Å². The molecule has 1 saturated heterocycles. The van der Waals surface area contributed by atoms with E-state index in [-0.39, 0.29) is 11.7 Å². The molecule has 1 amide bonds. The van der Waals surface area contributed by atoms with E-state index in [0.717, 1.165) is 31.7 Å². The molecule has 3 rings (SSSR count). The normalized spacial score (nSPS) is 15.5. The number of hydrogen-bond acceptors (Lipinski definition) is 4. The molecular weight excluding hydrogens is 345 g/mol. The third-order valence-corrected chi connectivity index (χ3v) is 4.64. The number of para-hydroxylation sites is 2. The van der Waals surface area contributed by atoms with Crippen molar-refractivity contribution in [2.45, 2.75) is 13.5 Å². The Balaban J connectivity index is 1.46. The van der Waals surface area contributed by atoms with Gasteiger partial charge in [-0.2, -0.15) is 0 Å². The fourth-order valence-corrected chi connectivity index (χ4v) is 3.22. The molecule has 1 N–H and O–H groups in total. The minimum atomic E-state index is -0.160. The van der Waals surface area contributed by atoms with Gasteiger partial charge in [0.05, 0.1) is 18.8 Å². The molecule has 0 aromatic heterocycles. The van der Waals surface area contributed by atoms with Crippen LogP contribution >= 0.6 is 0 Å². The highest BCUT2D eigenvalue weighted by Crippen LogP contribution is 2.23. The Hall–Kier alpha value is -2.44. The molecule has 27 heavy (non-hydrogen) atoms. The molecule has 0 atom stereocenters. The van der Waals surface area contributed by atoms with E-state index in [9.17, 15) is 9.18 Å². The quantitative estimate of drug-likeness (QED) is 0.813.